The SMILES string of the molecule is CC1CN2CCCC2CN1C(=O)c1ccc(Cl)cc1Br. The average Bonchev–Trinajstić information content (AvgIpc) is 2.84. The summed E-state index contributed by atoms with van der Waals surface area (Å²) in [4.78, 5) is 17.3. The van der Waals surface area contributed by atoms with Crippen LogP contribution in [0.3, 0.4) is 0 Å². The highest BCUT2D eigenvalue weighted by atomic mass is 79.9. The maximum Gasteiger partial charge on any atom is 0.255 e. The van der Waals surface area contributed by atoms with Gasteiger partial charge in [-0.25, -0.2) is 0 Å². The molecule has 3 nitrogen and oxygen atoms in total. The summed E-state index contributed by atoms with van der Waals surface area (Å²) in [5.74, 6) is 0.104. The topological polar surface area (TPSA) is 23.6 Å². The molecule has 2 aliphatic heterocycles. The zero-order chi connectivity index (χ0) is 14.3. The fourth-order valence-corrected chi connectivity index (χ4v) is 4.14. The first-order valence-electron chi connectivity index (χ1n) is 7.06. The van der Waals surface area contributed by atoms with Gasteiger partial charge >= 0.3 is 0 Å². The van der Waals surface area contributed by atoms with Crippen LogP contribution < -0.4 is 0 Å². The minimum absolute atomic E-state index is 0.104. The molecule has 3 rings (SSSR count). The summed E-state index contributed by atoms with van der Waals surface area (Å²) in [6.07, 6.45) is 2.46. The Labute approximate surface area is 133 Å². The van der Waals surface area contributed by atoms with E-state index in [1.54, 1.807) is 12.1 Å². The van der Waals surface area contributed by atoms with Crippen molar-refractivity contribution < 1.29 is 4.79 Å². The maximum absolute atomic E-state index is 12.8. The second-order valence-corrected chi connectivity index (χ2v) is 7.01. The Morgan fingerprint density at radius 3 is 2.95 bits per heavy atom. The minimum Gasteiger partial charge on any atom is -0.333 e. The highest BCUT2D eigenvalue weighted by Crippen LogP contribution is 2.28. The average molecular weight is 358 g/mol. The molecule has 2 unspecified atom stereocenters. The molecule has 2 saturated heterocycles. The van der Waals surface area contributed by atoms with E-state index in [1.807, 2.05) is 11.0 Å². The number of nitrogens with zero attached hydrogens (tertiary/aromatic N) is 2. The molecule has 0 aliphatic carbocycles. The van der Waals surface area contributed by atoms with Crippen LogP contribution in [-0.2, 0) is 0 Å². The van der Waals surface area contributed by atoms with Crippen LogP contribution >= 0.6 is 27.5 Å². The first-order valence-corrected chi connectivity index (χ1v) is 8.23. The van der Waals surface area contributed by atoms with Crippen molar-refractivity contribution in [1.29, 1.82) is 0 Å². The van der Waals surface area contributed by atoms with E-state index in [9.17, 15) is 4.79 Å². The fourth-order valence-electron chi connectivity index (χ4n) is 3.29. The van der Waals surface area contributed by atoms with E-state index in [0.717, 1.165) is 17.6 Å². The maximum atomic E-state index is 12.8. The van der Waals surface area contributed by atoms with E-state index >= 15 is 0 Å². The van der Waals surface area contributed by atoms with Gasteiger partial charge in [0.05, 0.1) is 5.56 Å². The van der Waals surface area contributed by atoms with Gasteiger partial charge in [0.1, 0.15) is 0 Å². The van der Waals surface area contributed by atoms with Crippen LogP contribution in [0.15, 0.2) is 22.7 Å². The van der Waals surface area contributed by atoms with Crippen molar-refractivity contribution in [2.75, 3.05) is 19.6 Å². The van der Waals surface area contributed by atoms with Crippen LogP contribution in [0.2, 0.25) is 5.02 Å². The second-order valence-electron chi connectivity index (χ2n) is 5.72. The Hall–Kier alpha value is -0.580. The van der Waals surface area contributed by atoms with Crippen LogP contribution in [0, 0.1) is 0 Å². The van der Waals surface area contributed by atoms with Crippen molar-refractivity contribution in [1.82, 2.24) is 9.80 Å². The number of carbonyl (C=O) groups excluding carboxylic acids is 1. The van der Waals surface area contributed by atoms with E-state index in [1.165, 1.54) is 19.4 Å². The molecule has 0 N–H and O–H groups in total. The number of halogens is 2. The van der Waals surface area contributed by atoms with Crippen molar-refractivity contribution in [2.45, 2.75) is 31.8 Å². The summed E-state index contributed by atoms with van der Waals surface area (Å²) in [6, 6.07) is 6.17. The summed E-state index contributed by atoms with van der Waals surface area (Å²) in [5, 5.41) is 0.641. The van der Waals surface area contributed by atoms with Gasteiger partial charge in [-0.15, -0.1) is 0 Å². The van der Waals surface area contributed by atoms with E-state index in [4.69, 9.17) is 11.6 Å². The molecule has 2 heterocycles. The predicted octanol–water partition coefficient (Wildman–Crippen LogP) is 3.41. The van der Waals surface area contributed by atoms with Gasteiger partial charge in [-0.1, -0.05) is 11.6 Å². The van der Waals surface area contributed by atoms with Gasteiger partial charge in [0.2, 0.25) is 0 Å². The molecule has 0 aromatic heterocycles. The van der Waals surface area contributed by atoms with Gasteiger partial charge in [0.25, 0.3) is 5.91 Å². The van der Waals surface area contributed by atoms with E-state index in [2.05, 4.69) is 27.8 Å². The molecule has 108 valence electrons. The number of hydrogen-bond donors (Lipinski definition) is 0. The number of carbonyl (C=O) groups is 1. The summed E-state index contributed by atoms with van der Waals surface area (Å²) >= 11 is 9.40. The zero-order valence-electron chi connectivity index (χ0n) is 11.5. The van der Waals surface area contributed by atoms with E-state index in [0.29, 0.717) is 16.6 Å². The lowest BCUT2D eigenvalue weighted by molar-refractivity contribution is 0.0394. The molecule has 0 bridgehead atoms. The quantitative estimate of drug-likeness (QED) is 0.769. The van der Waals surface area contributed by atoms with Crippen LogP contribution in [0.25, 0.3) is 0 Å². The lowest BCUT2D eigenvalue weighted by Gasteiger charge is -2.42. The first-order chi connectivity index (χ1) is 9.56. The van der Waals surface area contributed by atoms with Crippen LogP contribution in [0.5, 0.6) is 0 Å². The smallest absolute Gasteiger partial charge is 0.255 e. The summed E-state index contributed by atoms with van der Waals surface area (Å²) in [5.41, 5.74) is 0.702. The standard InChI is InChI=1S/C15H18BrClN2O/c1-10-8-18-6-2-3-12(18)9-19(10)15(20)13-5-4-11(17)7-14(13)16/h4-5,7,10,12H,2-3,6,8-9H2,1H3. The molecular weight excluding hydrogens is 340 g/mol. The van der Waals surface area contributed by atoms with Gasteiger partial charge in [0.15, 0.2) is 0 Å². The minimum atomic E-state index is 0.104. The third-order valence-corrected chi connectivity index (χ3v) is 5.25. The largest absolute Gasteiger partial charge is 0.333 e. The summed E-state index contributed by atoms with van der Waals surface area (Å²) in [6.45, 7) is 5.15. The normalized spacial score (nSPS) is 26.6. The Balaban J connectivity index is 1.82. The van der Waals surface area contributed by atoms with Crippen molar-refractivity contribution in [3.63, 3.8) is 0 Å². The van der Waals surface area contributed by atoms with Gasteiger partial charge < -0.3 is 4.90 Å². The molecule has 0 saturated carbocycles. The molecule has 0 spiro atoms. The molecule has 0 radical (unpaired) electrons. The Kier molecular flexibility index (Phi) is 4.07. The second kappa shape index (κ2) is 5.66. The molecule has 1 amide bonds. The monoisotopic (exact) mass is 356 g/mol. The van der Waals surface area contributed by atoms with Crippen molar-refractivity contribution in [3.05, 3.63) is 33.3 Å². The van der Waals surface area contributed by atoms with Crippen molar-refractivity contribution in [2.24, 2.45) is 0 Å². The summed E-state index contributed by atoms with van der Waals surface area (Å²) < 4.78 is 0.774. The molecule has 2 atom stereocenters. The fraction of sp³-hybridized carbons (Fsp3) is 0.533. The molecule has 20 heavy (non-hydrogen) atoms. The van der Waals surface area contributed by atoms with Crippen LogP contribution in [0.1, 0.15) is 30.1 Å². The Morgan fingerprint density at radius 1 is 1.40 bits per heavy atom. The van der Waals surface area contributed by atoms with Crippen LogP contribution in [0.4, 0.5) is 0 Å². The Bertz CT molecular complexity index is 537. The number of benzene rings is 1. The van der Waals surface area contributed by atoms with Crippen LogP contribution in [-0.4, -0.2) is 47.4 Å². The van der Waals surface area contributed by atoms with Crippen molar-refractivity contribution >= 4 is 33.4 Å². The van der Waals surface area contributed by atoms with E-state index in [-0.39, 0.29) is 11.9 Å². The van der Waals surface area contributed by atoms with Gasteiger partial charge in [-0.2, -0.15) is 0 Å². The van der Waals surface area contributed by atoms with E-state index < -0.39 is 0 Å². The number of piperazine rings is 1. The van der Waals surface area contributed by atoms with Gasteiger partial charge in [-0.05, 0) is 60.4 Å². The van der Waals surface area contributed by atoms with Gasteiger partial charge in [0, 0.05) is 34.7 Å². The molecular formula is C15H18BrClN2O. The number of fused-ring (bicyclic) bond motifs is 1. The lowest BCUT2D eigenvalue weighted by Crippen LogP contribution is -2.56. The van der Waals surface area contributed by atoms with Gasteiger partial charge in [-0.3, -0.25) is 9.69 Å². The number of hydrogen-bond acceptors (Lipinski definition) is 2. The molecule has 2 fully saturated rings. The number of amides is 1. The highest BCUT2D eigenvalue weighted by Gasteiger charge is 2.37. The van der Waals surface area contributed by atoms with Crippen molar-refractivity contribution in [3.8, 4) is 0 Å². The lowest BCUT2D eigenvalue weighted by atomic mass is 10.1. The first kappa shape index (κ1) is 14.4. The molecule has 2 aliphatic rings. The molecule has 5 heteroatoms. The molecule has 1 aromatic rings. The third kappa shape index (κ3) is 2.61. The Morgan fingerprint density at radius 2 is 2.20 bits per heavy atom. The number of rotatable bonds is 1. The zero-order valence-corrected chi connectivity index (χ0v) is 13.8. The summed E-state index contributed by atoms with van der Waals surface area (Å²) in [7, 11) is 0. The molecule has 1 aromatic carbocycles. The predicted molar refractivity (Wildman–Crippen MR) is 84.2 cm³/mol. The highest BCUT2D eigenvalue weighted by molar-refractivity contribution is 9.10. The third-order valence-electron chi connectivity index (χ3n) is 4.36.